The first-order valence-corrected chi connectivity index (χ1v) is 4.46. The summed E-state index contributed by atoms with van der Waals surface area (Å²) in [6.45, 7) is -0.243. The predicted molar refractivity (Wildman–Crippen MR) is 47.2 cm³/mol. The minimum Gasteiger partial charge on any atom is -0.395 e. The summed E-state index contributed by atoms with van der Waals surface area (Å²) in [6.07, 6.45) is -2.44. The van der Waals surface area contributed by atoms with Gasteiger partial charge in [-0.25, -0.2) is 8.78 Å². The van der Waals surface area contributed by atoms with Crippen molar-refractivity contribution in [2.75, 3.05) is 19.7 Å². The quantitative estimate of drug-likeness (QED) is 0.686. The van der Waals surface area contributed by atoms with Gasteiger partial charge in [0.05, 0.1) is 26.7 Å². The summed E-state index contributed by atoms with van der Waals surface area (Å²) in [5.74, 6) is 0.367. The van der Waals surface area contributed by atoms with Crippen molar-refractivity contribution >= 4 is 0 Å². The maximum absolute atomic E-state index is 12.1. The minimum atomic E-state index is -2.44. The van der Waals surface area contributed by atoms with Crippen LogP contribution < -0.4 is 0 Å². The number of rotatable bonds is 6. The normalized spacial score (nSPS) is 11.6. The molecule has 0 aliphatic heterocycles. The second kappa shape index (κ2) is 5.66. The lowest BCUT2D eigenvalue weighted by atomic mass is 10.4. The molecule has 0 aliphatic carbocycles. The van der Waals surface area contributed by atoms with Crippen molar-refractivity contribution in [3.05, 3.63) is 5.82 Å². The third-order valence-corrected chi connectivity index (χ3v) is 1.73. The third-order valence-electron chi connectivity index (χ3n) is 1.73. The van der Waals surface area contributed by atoms with Crippen LogP contribution in [-0.4, -0.2) is 56.3 Å². The molecule has 0 saturated carbocycles. The largest absolute Gasteiger partial charge is 0.395 e. The molecule has 0 unspecified atom stereocenters. The number of nitrogens with zero attached hydrogens (tertiary/aromatic N) is 5. The van der Waals surface area contributed by atoms with E-state index in [-0.39, 0.29) is 19.7 Å². The Morgan fingerprint density at radius 2 is 2.27 bits per heavy atom. The zero-order chi connectivity index (χ0) is 11.3. The first kappa shape index (κ1) is 11.9. The second-order valence-corrected chi connectivity index (χ2v) is 3.04. The van der Waals surface area contributed by atoms with Gasteiger partial charge in [0.15, 0.2) is 5.82 Å². The van der Waals surface area contributed by atoms with Gasteiger partial charge in [-0.15, -0.1) is 10.2 Å². The fourth-order valence-corrected chi connectivity index (χ4v) is 1.16. The summed E-state index contributed by atoms with van der Waals surface area (Å²) in [5, 5.41) is 19.8. The number of alkyl halides is 2. The third kappa shape index (κ3) is 4.26. The summed E-state index contributed by atoms with van der Waals surface area (Å²) in [4.78, 5) is 2.64. The van der Waals surface area contributed by atoms with Crippen LogP contribution in [0.5, 0.6) is 0 Å². The highest BCUT2D eigenvalue weighted by Crippen LogP contribution is 2.01. The molecule has 6 nitrogen and oxygen atoms in total. The Hall–Kier alpha value is -1.15. The molecule has 8 heteroatoms. The Morgan fingerprint density at radius 3 is 2.73 bits per heavy atom. The Bertz CT molecular complexity index is 293. The summed E-state index contributed by atoms with van der Waals surface area (Å²) in [6, 6.07) is 0. The molecule has 0 aromatic carbocycles. The average molecular weight is 221 g/mol. The SMILES string of the molecule is Cn1nnc(CN(CCO)CC(F)F)n1. The first-order chi connectivity index (χ1) is 7.11. The molecule has 0 fully saturated rings. The lowest BCUT2D eigenvalue weighted by Gasteiger charge is -2.18. The Kier molecular flexibility index (Phi) is 4.50. The van der Waals surface area contributed by atoms with E-state index in [4.69, 9.17) is 5.11 Å². The van der Waals surface area contributed by atoms with Crippen LogP contribution in [0, 0.1) is 0 Å². The molecule has 1 aromatic rings. The maximum Gasteiger partial charge on any atom is 0.251 e. The average Bonchev–Trinajstić information content (AvgIpc) is 2.50. The van der Waals surface area contributed by atoms with Gasteiger partial charge in [0.2, 0.25) is 0 Å². The van der Waals surface area contributed by atoms with Crippen molar-refractivity contribution in [2.24, 2.45) is 7.05 Å². The number of aromatic nitrogens is 4. The van der Waals surface area contributed by atoms with Gasteiger partial charge >= 0.3 is 0 Å². The van der Waals surface area contributed by atoms with Gasteiger partial charge in [-0.3, -0.25) is 4.90 Å². The molecule has 1 N–H and O–H groups in total. The lowest BCUT2D eigenvalue weighted by molar-refractivity contribution is 0.0733. The maximum atomic E-state index is 12.1. The van der Waals surface area contributed by atoms with E-state index in [1.165, 1.54) is 9.70 Å². The van der Waals surface area contributed by atoms with Crippen LogP contribution in [0.25, 0.3) is 0 Å². The molecule has 0 radical (unpaired) electrons. The Balaban J connectivity index is 2.50. The summed E-state index contributed by atoms with van der Waals surface area (Å²) >= 11 is 0. The molecule has 1 aromatic heterocycles. The highest BCUT2D eigenvalue weighted by Gasteiger charge is 2.14. The highest BCUT2D eigenvalue weighted by atomic mass is 19.3. The number of hydrogen-bond donors (Lipinski definition) is 1. The zero-order valence-corrected chi connectivity index (χ0v) is 8.34. The van der Waals surface area contributed by atoms with Crippen LogP contribution in [0.2, 0.25) is 0 Å². The summed E-state index contributed by atoms with van der Waals surface area (Å²) in [7, 11) is 1.60. The Morgan fingerprint density at radius 1 is 1.53 bits per heavy atom. The molecule has 0 atom stereocenters. The van der Waals surface area contributed by atoms with Gasteiger partial charge in [-0.05, 0) is 5.21 Å². The van der Waals surface area contributed by atoms with E-state index in [2.05, 4.69) is 15.4 Å². The molecule has 15 heavy (non-hydrogen) atoms. The van der Waals surface area contributed by atoms with Crippen molar-refractivity contribution in [1.82, 2.24) is 25.1 Å². The van der Waals surface area contributed by atoms with Crippen LogP contribution in [0.4, 0.5) is 8.78 Å². The lowest BCUT2D eigenvalue weighted by Crippen LogP contribution is -2.31. The fraction of sp³-hybridized carbons (Fsp3) is 0.857. The van der Waals surface area contributed by atoms with Crippen LogP contribution >= 0.6 is 0 Å². The first-order valence-electron chi connectivity index (χ1n) is 4.46. The van der Waals surface area contributed by atoms with E-state index >= 15 is 0 Å². The van der Waals surface area contributed by atoms with Gasteiger partial charge in [0.1, 0.15) is 0 Å². The minimum absolute atomic E-state index is 0.165. The van der Waals surface area contributed by atoms with Crippen LogP contribution in [0.1, 0.15) is 5.82 Å². The zero-order valence-electron chi connectivity index (χ0n) is 8.34. The monoisotopic (exact) mass is 221 g/mol. The van der Waals surface area contributed by atoms with Gasteiger partial charge in [-0.2, -0.15) is 4.80 Å². The summed E-state index contributed by atoms with van der Waals surface area (Å²) < 4.78 is 24.3. The van der Waals surface area contributed by atoms with Crippen molar-refractivity contribution in [1.29, 1.82) is 0 Å². The smallest absolute Gasteiger partial charge is 0.251 e. The van der Waals surface area contributed by atoms with Gasteiger partial charge in [0, 0.05) is 6.54 Å². The van der Waals surface area contributed by atoms with E-state index in [1.54, 1.807) is 7.05 Å². The molecule has 0 saturated heterocycles. The number of tetrazole rings is 1. The predicted octanol–water partition coefficient (Wildman–Crippen LogP) is -0.731. The van der Waals surface area contributed by atoms with Crippen molar-refractivity contribution < 1.29 is 13.9 Å². The number of hydrogen-bond acceptors (Lipinski definition) is 5. The number of aliphatic hydroxyl groups is 1. The van der Waals surface area contributed by atoms with Gasteiger partial charge < -0.3 is 5.11 Å². The Labute approximate surface area is 85.5 Å². The van der Waals surface area contributed by atoms with E-state index in [9.17, 15) is 8.78 Å². The molecule has 86 valence electrons. The van der Waals surface area contributed by atoms with Crippen LogP contribution in [-0.2, 0) is 13.6 Å². The molecular formula is C7H13F2N5O. The highest BCUT2D eigenvalue weighted by molar-refractivity contribution is 4.77. The molecular weight excluding hydrogens is 208 g/mol. The second-order valence-electron chi connectivity index (χ2n) is 3.04. The number of aliphatic hydroxyl groups excluding tert-OH is 1. The summed E-state index contributed by atoms with van der Waals surface area (Å²) in [5.41, 5.74) is 0. The standard InChI is InChI=1S/C7H13F2N5O/c1-13-11-7(10-12-13)5-14(2-3-15)4-6(8)9/h6,15H,2-5H2,1H3. The van der Waals surface area contributed by atoms with E-state index in [0.717, 1.165) is 0 Å². The van der Waals surface area contributed by atoms with Crippen LogP contribution in [0.3, 0.4) is 0 Å². The van der Waals surface area contributed by atoms with Crippen molar-refractivity contribution in [2.45, 2.75) is 13.0 Å². The molecule has 0 aliphatic rings. The number of halogens is 2. The van der Waals surface area contributed by atoms with Gasteiger partial charge in [-0.1, -0.05) is 0 Å². The van der Waals surface area contributed by atoms with Gasteiger partial charge in [0.25, 0.3) is 6.43 Å². The molecule has 0 amide bonds. The topological polar surface area (TPSA) is 67.1 Å². The van der Waals surface area contributed by atoms with E-state index in [1.807, 2.05) is 0 Å². The van der Waals surface area contributed by atoms with Crippen LogP contribution in [0.15, 0.2) is 0 Å². The molecule has 1 rings (SSSR count). The van der Waals surface area contributed by atoms with E-state index in [0.29, 0.717) is 5.82 Å². The fourth-order valence-electron chi connectivity index (χ4n) is 1.16. The van der Waals surface area contributed by atoms with Crippen molar-refractivity contribution in [3.63, 3.8) is 0 Å². The van der Waals surface area contributed by atoms with E-state index < -0.39 is 13.0 Å². The molecule has 0 spiro atoms. The molecule has 0 bridgehead atoms. The number of aryl methyl sites for hydroxylation is 1. The van der Waals surface area contributed by atoms with Crippen molar-refractivity contribution in [3.8, 4) is 0 Å². The molecule has 1 heterocycles.